The number of halogens is 3. The summed E-state index contributed by atoms with van der Waals surface area (Å²) in [6.45, 7) is 2.07. The molecule has 0 saturated heterocycles. The third kappa shape index (κ3) is 3.21. The van der Waals surface area contributed by atoms with Gasteiger partial charge in [-0.15, -0.1) is 0 Å². The molecule has 1 heterocycles. The van der Waals surface area contributed by atoms with Crippen LogP contribution in [-0.4, -0.2) is 10.1 Å². The Morgan fingerprint density at radius 1 is 1.16 bits per heavy atom. The van der Waals surface area contributed by atoms with E-state index in [1.807, 2.05) is 24.3 Å². The molecule has 2 nitrogen and oxygen atoms in total. The van der Waals surface area contributed by atoms with Gasteiger partial charge in [0, 0.05) is 5.56 Å². The zero-order valence-electron chi connectivity index (χ0n) is 10.2. The SMILES string of the molecule is CCc1ccc(C(O)c2c(Cl)cc(Cl)nc2Cl)cc1. The lowest BCUT2D eigenvalue weighted by atomic mass is 10.0. The molecule has 1 aromatic carbocycles. The molecule has 2 rings (SSSR count). The molecule has 0 saturated carbocycles. The van der Waals surface area contributed by atoms with Crippen LogP contribution in [0.1, 0.15) is 29.7 Å². The molecule has 2 aromatic rings. The second kappa shape index (κ2) is 6.10. The molecule has 0 aliphatic carbocycles. The Kier molecular flexibility index (Phi) is 4.69. The minimum absolute atomic E-state index is 0.115. The average molecular weight is 317 g/mol. The van der Waals surface area contributed by atoms with Gasteiger partial charge in [0.25, 0.3) is 0 Å². The minimum atomic E-state index is -0.921. The zero-order chi connectivity index (χ0) is 14.0. The van der Waals surface area contributed by atoms with Gasteiger partial charge >= 0.3 is 0 Å². The quantitative estimate of drug-likeness (QED) is 0.834. The highest BCUT2D eigenvalue weighted by Gasteiger charge is 2.19. The van der Waals surface area contributed by atoms with Gasteiger partial charge in [-0.05, 0) is 23.6 Å². The van der Waals surface area contributed by atoms with E-state index in [9.17, 15) is 5.11 Å². The first kappa shape index (κ1) is 14.6. The molecule has 0 bridgehead atoms. The maximum atomic E-state index is 10.4. The number of benzene rings is 1. The number of nitrogens with zero attached hydrogens (tertiary/aromatic N) is 1. The predicted molar refractivity (Wildman–Crippen MR) is 79.1 cm³/mol. The lowest BCUT2D eigenvalue weighted by Gasteiger charge is -2.15. The van der Waals surface area contributed by atoms with Crippen LogP contribution < -0.4 is 0 Å². The van der Waals surface area contributed by atoms with E-state index >= 15 is 0 Å². The number of aliphatic hydroxyl groups is 1. The van der Waals surface area contributed by atoms with Crippen LogP contribution in [0.4, 0.5) is 0 Å². The number of aliphatic hydroxyl groups excluding tert-OH is 1. The fourth-order valence-corrected chi connectivity index (χ4v) is 2.75. The number of aryl methyl sites for hydroxylation is 1. The molecule has 0 amide bonds. The van der Waals surface area contributed by atoms with Gasteiger partial charge in [-0.2, -0.15) is 0 Å². The van der Waals surface area contributed by atoms with Crippen LogP contribution in [0.5, 0.6) is 0 Å². The lowest BCUT2D eigenvalue weighted by Crippen LogP contribution is -2.03. The second-order valence-electron chi connectivity index (χ2n) is 4.13. The molecule has 1 N–H and O–H groups in total. The normalized spacial score (nSPS) is 12.5. The van der Waals surface area contributed by atoms with Crippen molar-refractivity contribution < 1.29 is 5.11 Å². The maximum Gasteiger partial charge on any atom is 0.138 e. The fraction of sp³-hybridized carbons (Fsp3) is 0.214. The molecule has 0 radical (unpaired) electrons. The number of hydrogen-bond donors (Lipinski definition) is 1. The Bertz CT molecular complexity index is 561. The molecule has 0 fully saturated rings. The number of pyridine rings is 1. The highest BCUT2D eigenvalue weighted by atomic mass is 35.5. The van der Waals surface area contributed by atoms with Gasteiger partial charge in [0.2, 0.25) is 0 Å². The number of hydrogen-bond acceptors (Lipinski definition) is 2. The summed E-state index contributed by atoms with van der Waals surface area (Å²) in [5, 5.41) is 11.0. The van der Waals surface area contributed by atoms with Crippen molar-refractivity contribution >= 4 is 34.8 Å². The first-order valence-electron chi connectivity index (χ1n) is 5.81. The smallest absolute Gasteiger partial charge is 0.138 e. The van der Waals surface area contributed by atoms with Gasteiger partial charge < -0.3 is 5.11 Å². The Morgan fingerprint density at radius 2 is 1.79 bits per heavy atom. The molecule has 5 heteroatoms. The lowest BCUT2D eigenvalue weighted by molar-refractivity contribution is 0.220. The van der Waals surface area contributed by atoms with Crippen molar-refractivity contribution in [1.29, 1.82) is 0 Å². The summed E-state index contributed by atoms with van der Waals surface area (Å²) in [6, 6.07) is 9.09. The summed E-state index contributed by atoms with van der Waals surface area (Å²) in [7, 11) is 0. The molecule has 19 heavy (non-hydrogen) atoms. The first-order valence-corrected chi connectivity index (χ1v) is 6.94. The van der Waals surface area contributed by atoms with Crippen LogP contribution in [0.2, 0.25) is 15.3 Å². The fourth-order valence-electron chi connectivity index (χ4n) is 1.81. The van der Waals surface area contributed by atoms with Crippen LogP contribution in [0.15, 0.2) is 30.3 Å². The van der Waals surface area contributed by atoms with E-state index in [1.54, 1.807) is 0 Å². The van der Waals surface area contributed by atoms with Crippen molar-refractivity contribution in [3.63, 3.8) is 0 Å². The van der Waals surface area contributed by atoms with Crippen LogP contribution >= 0.6 is 34.8 Å². The van der Waals surface area contributed by atoms with Gasteiger partial charge in [-0.25, -0.2) is 4.98 Å². The molecule has 100 valence electrons. The Balaban J connectivity index is 2.40. The third-order valence-electron chi connectivity index (χ3n) is 2.91. The zero-order valence-corrected chi connectivity index (χ0v) is 12.5. The molecular formula is C14H12Cl3NO. The van der Waals surface area contributed by atoms with Crippen molar-refractivity contribution in [2.75, 3.05) is 0 Å². The largest absolute Gasteiger partial charge is 0.383 e. The van der Waals surface area contributed by atoms with Crippen molar-refractivity contribution in [2.24, 2.45) is 0 Å². The molecule has 1 atom stereocenters. The van der Waals surface area contributed by atoms with E-state index in [1.165, 1.54) is 11.6 Å². The second-order valence-corrected chi connectivity index (χ2v) is 5.28. The third-order valence-corrected chi connectivity index (χ3v) is 3.70. The van der Waals surface area contributed by atoms with E-state index in [0.29, 0.717) is 16.1 Å². The van der Waals surface area contributed by atoms with Gasteiger partial charge in [0.1, 0.15) is 16.4 Å². The van der Waals surface area contributed by atoms with E-state index in [2.05, 4.69) is 11.9 Å². The van der Waals surface area contributed by atoms with Gasteiger partial charge in [0.15, 0.2) is 0 Å². The van der Waals surface area contributed by atoms with Crippen LogP contribution in [0.25, 0.3) is 0 Å². The Labute approximate surface area is 127 Å². The predicted octanol–water partition coefficient (Wildman–Crippen LogP) is 4.69. The Morgan fingerprint density at radius 3 is 2.32 bits per heavy atom. The standard InChI is InChI=1S/C14H12Cl3NO/c1-2-8-3-5-9(6-4-8)13(19)12-10(15)7-11(16)18-14(12)17/h3-7,13,19H,2H2,1H3. The molecule has 0 spiro atoms. The number of rotatable bonds is 3. The molecule has 1 unspecified atom stereocenters. The molecule has 1 aromatic heterocycles. The maximum absolute atomic E-state index is 10.4. The summed E-state index contributed by atoms with van der Waals surface area (Å²) in [6.07, 6.45) is 0.0242. The van der Waals surface area contributed by atoms with Gasteiger partial charge in [-0.1, -0.05) is 66.0 Å². The van der Waals surface area contributed by atoms with E-state index in [0.717, 1.165) is 6.42 Å². The van der Waals surface area contributed by atoms with Crippen LogP contribution in [0.3, 0.4) is 0 Å². The molecule has 0 aliphatic heterocycles. The highest BCUT2D eigenvalue weighted by Crippen LogP contribution is 2.34. The van der Waals surface area contributed by atoms with Crippen molar-refractivity contribution in [1.82, 2.24) is 4.98 Å². The topological polar surface area (TPSA) is 33.1 Å². The van der Waals surface area contributed by atoms with Crippen molar-refractivity contribution in [3.05, 3.63) is 62.4 Å². The summed E-state index contributed by atoms with van der Waals surface area (Å²) in [4.78, 5) is 3.90. The van der Waals surface area contributed by atoms with E-state index in [4.69, 9.17) is 34.8 Å². The van der Waals surface area contributed by atoms with Crippen molar-refractivity contribution in [3.8, 4) is 0 Å². The van der Waals surface area contributed by atoms with Crippen LogP contribution in [-0.2, 0) is 6.42 Å². The molecule has 0 aliphatic rings. The summed E-state index contributed by atoms with van der Waals surface area (Å²) in [5.41, 5.74) is 2.28. The van der Waals surface area contributed by atoms with Gasteiger partial charge in [0.05, 0.1) is 5.02 Å². The van der Waals surface area contributed by atoms with Gasteiger partial charge in [-0.3, -0.25) is 0 Å². The monoisotopic (exact) mass is 315 g/mol. The number of aromatic nitrogens is 1. The van der Waals surface area contributed by atoms with E-state index in [-0.39, 0.29) is 10.3 Å². The average Bonchev–Trinajstić information content (AvgIpc) is 2.37. The summed E-state index contributed by atoms with van der Waals surface area (Å²) >= 11 is 17.8. The summed E-state index contributed by atoms with van der Waals surface area (Å²) in [5.74, 6) is 0. The highest BCUT2D eigenvalue weighted by molar-refractivity contribution is 6.37. The first-order chi connectivity index (χ1) is 9.02. The van der Waals surface area contributed by atoms with Crippen LogP contribution in [0, 0.1) is 0 Å². The minimum Gasteiger partial charge on any atom is -0.383 e. The summed E-state index contributed by atoms with van der Waals surface area (Å²) < 4.78 is 0. The van der Waals surface area contributed by atoms with E-state index < -0.39 is 6.10 Å². The molecular weight excluding hydrogens is 305 g/mol. The van der Waals surface area contributed by atoms with Crippen molar-refractivity contribution in [2.45, 2.75) is 19.4 Å². The Hall–Kier alpha value is -0.800.